The van der Waals surface area contributed by atoms with E-state index in [1.165, 1.54) is 42.4 Å². The van der Waals surface area contributed by atoms with Gasteiger partial charge in [-0.3, -0.25) is 0 Å². The minimum Gasteiger partial charge on any atom is -0.197 e. The quantitative estimate of drug-likeness (QED) is 0.678. The summed E-state index contributed by atoms with van der Waals surface area (Å²) < 4.78 is 0. The summed E-state index contributed by atoms with van der Waals surface area (Å²) in [6.45, 7) is 0. The molecule has 2 aliphatic carbocycles. The van der Waals surface area contributed by atoms with Crippen LogP contribution in [0.3, 0.4) is 0 Å². The average molecular weight is 197 g/mol. The van der Waals surface area contributed by atoms with E-state index in [9.17, 15) is 5.26 Å². The second-order valence-electron chi connectivity index (χ2n) is 4.84. The Morgan fingerprint density at radius 3 is 2.67 bits per heavy atom. The summed E-state index contributed by atoms with van der Waals surface area (Å²) in [6, 6.07) is 9.12. The van der Waals surface area contributed by atoms with E-state index >= 15 is 0 Å². The van der Waals surface area contributed by atoms with Gasteiger partial charge in [0.2, 0.25) is 0 Å². The monoisotopic (exact) mass is 197 g/mol. The summed E-state index contributed by atoms with van der Waals surface area (Å²) in [4.78, 5) is 0. The van der Waals surface area contributed by atoms with Gasteiger partial charge in [0.15, 0.2) is 0 Å². The van der Waals surface area contributed by atoms with Crippen LogP contribution in [0.1, 0.15) is 42.4 Å². The maximum atomic E-state index is 9.37. The topological polar surface area (TPSA) is 23.8 Å². The lowest BCUT2D eigenvalue weighted by molar-refractivity contribution is 0.322. The smallest absolute Gasteiger partial charge is 0.0825 e. The van der Waals surface area contributed by atoms with Gasteiger partial charge in [-0.2, -0.15) is 5.26 Å². The van der Waals surface area contributed by atoms with Gasteiger partial charge in [0, 0.05) is 0 Å². The molecule has 2 aliphatic rings. The summed E-state index contributed by atoms with van der Waals surface area (Å²) in [6.07, 6.45) is 7.03. The van der Waals surface area contributed by atoms with Crippen molar-refractivity contribution >= 4 is 0 Å². The Bertz CT molecular complexity index is 435. The first-order valence-corrected chi connectivity index (χ1v) is 5.88. The average Bonchev–Trinajstić information content (AvgIpc) is 2.65. The highest BCUT2D eigenvalue weighted by Crippen LogP contribution is 2.46. The van der Waals surface area contributed by atoms with Crippen LogP contribution in [0.25, 0.3) is 0 Å². The highest BCUT2D eigenvalue weighted by Gasteiger charge is 2.41. The van der Waals surface area contributed by atoms with Crippen molar-refractivity contribution in [1.29, 1.82) is 5.26 Å². The molecule has 0 atom stereocenters. The highest BCUT2D eigenvalue weighted by atomic mass is 14.5. The second kappa shape index (κ2) is 3.10. The Labute approximate surface area is 90.7 Å². The van der Waals surface area contributed by atoms with Gasteiger partial charge in [-0.25, -0.2) is 0 Å². The zero-order valence-electron chi connectivity index (χ0n) is 8.92. The van der Waals surface area contributed by atoms with Gasteiger partial charge in [0.05, 0.1) is 11.5 Å². The standard InChI is InChI=1S/C14H15N/c15-10-14(8-3-9-14)13-7-2-5-11-4-1-6-12(11)13/h2,5,7H,1,3-4,6,8-9H2. The van der Waals surface area contributed by atoms with Crippen molar-refractivity contribution < 1.29 is 0 Å². The molecular weight excluding hydrogens is 182 g/mol. The number of hydrogen-bond donors (Lipinski definition) is 0. The highest BCUT2D eigenvalue weighted by molar-refractivity contribution is 5.47. The van der Waals surface area contributed by atoms with Crippen LogP contribution in [-0.2, 0) is 18.3 Å². The molecule has 1 fully saturated rings. The zero-order valence-corrected chi connectivity index (χ0v) is 8.92. The van der Waals surface area contributed by atoms with Crippen LogP contribution < -0.4 is 0 Å². The first-order chi connectivity index (χ1) is 7.36. The third-order valence-corrected chi connectivity index (χ3v) is 4.08. The molecule has 3 rings (SSSR count). The van der Waals surface area contributed by atoms with Crippen LogP contribution in [0.15, 0.2) is 18.2 Å². The minimum absolute atomic E-state index is 0.115. The second-order valence-corrected chi connectivity index (χ2v) is 4.84. The lowest BCUT2D eigenvalue weighted by Crippen LogP contribution is -2.33. The number of nitrogens with zero attached hydrogens (tertiary/aromatic N) is 1. The van der Waals surface area contributed by atoms with E-state index in [1.54, 1.807) is 0 Å². The van der Waals surface area contributed by atoms with Crippen molar-refractivity contribution in [2.75, 3.05) is 0 Å². The fraction of sp³-hybridized carbons (Fsp3) is 0.500. The first-order valence-electron chi connectivity index (χ1n) is 5.88. The van der Waals surface area contributed by atoms with Gasteiger partial charge in [0.1, 0.15) is 0 Å². The molecule has 0 unspecified atom stereocenters. The maximum Gasteiger partial charge on any atom is 0.0825 e. The summed E-state index contributed by atoms with van der Waals surface area (Å²) in [5.41, 5.74) is 4.23. The Morgan fingerprint density at radius 2 is 2.00 bits per heavy atom. The number of hydrogen-bond acceptors (Lipinski definition) is 1. The Morgan fingerprint density at radius 1 is 1.13 bits per heavy atom. The Hall–Kier alpha value is -1.29. The van der Waals surface area contributed by atoms with Crippen molar-refractivity contribution in [3.05, 3.63) is 34.9 Å². The van der Waals surface area contributed by atoms with Crippen molar-refractivity contribution in [2.45, 2.75) is 43.9 Å². The number of fused-ring (bicyclic) bond motifs is 1. The molecule has 0 spiro atoms. The van der Waals surface area contributed by atoms with Gasteiger partial charge in [-0.05, 0) is 55.2 Å². The van der Waals surface area contributed by atoms with E-state index < -0.39 is 0 Å². The molecule has 0 bridgehead atoms. The molecule has 1 saturated carbocycles. The van der Waals surface area contributed by atoms with Gasteiger partial charge in [-0.1, -0.05) is 18.2 Å². The van der Waals surface area contributed by atoms with E-state index in [0.29, 0.717) is 0 Å². The largest absolute Gasteiger partial charge is 0.197 e. The first kappa shape index (κ1) is 8.97. The Balaban J connectivity index is 2.13. The predicted molar refractivity (Wildman–Crippen MR) is 59.6 cm³/mol. The molecule has 0 radical (unpaired) electrons. The predicted octanol–water partition coefficient (Wildman–Crippen LogP) is 3.12. The lowest BCUT2D eigenvalue weighted by Gasteiger charge is -2.37. The summed E-state index contributed by atoms with van der Waals surface area (Å²) in [7, 11) is 0. The lowest BCUT2D eigenvalue weighted by atomic mass is 9.64. The summed E-state index contributed by atoms with van der Waals surface area (Å²) in [5, 5.41) is 9.37. The van der Waals surface area contributed by atoms with Crippen molar-refractivity contribution in [3.63, 3.8) is 0 Å². The molecule has 15 heavy (non-hydrogen) atoms. The van der Waals surface area contributed by atoms with Crippen LogP contribution in [0.4, 0.5) is 0 Å². The molecule has 1 aromatic rings. The van der Waals surface area contributed by atoms with Crippen LogP contribution in [0.2, 0.25) is 0 Å². The van der Waals surface area contributed by atoms with Crippen LogP contribution in [-0.4, -0.2) is 0 Å². The van der Waals surface area contributed by atoms with Gasteiger partial charge in [0.25, 0.3) is 0 Å². The molecule has 0 aromatic heterocycles. The molecule has 1 aromatic carbocycles. The van der Waals surface area contributed by atoms with E-state index in [0.717, 1.165) is 12.8 Å². The molecule has 1 heteroatoms. The van der Waals surface area contributed by atoms with Crippen LogP contribution >= 0.6 is 0 Å². The molecule has 76 valence electrons. The van der Waals surface area contributed by atoms with Gasteiger partial charge < -0.3 is 0 Å². The zero-order chi connectivity index (χ0) is 10.3. The normalized spacial score (nSPS) is 21.5. The summed E-state index contributed by atoms with van der Waals surface area (Å²) >= 11 is 0. The SMILES string of the molecule is N#CC1(c2cccc3c2CCC3)CCC1. The van der Waals surface area contributed by atoms with E-state index in [-0.39, 0.29) is 5.41 Å². The number of rotatable bonds is 1. The van der Waals surface area contributed by atoms with Crippen LogP contribution in [0, 0.1) is 11.3 Å². The van der Waals surface area contributed by atoms with E-state index in [4.69, 9.17) is 0 Å². The Kier molecular flexibility index (Phi) is 1.85. The number of aryl methyl sites for hydroxylation is 1. The maximum absolute atomic E-state index is 9.37. The van der Waals surface area contributed by atoms with Crippen molar-refractivity contribution in [3.8, 4) is 6.07 Å². The molecule has 0 amide bonds. The van der Waals surface area contributed by atoms with Crippen molar-refractivity contribution in [2.24, 2.45) is 0 Å². The fourth-order valence-corrected chi connectivity index (χ4v) is 3.04. The molecule has 0 saturated heterocycles. The van der Waals surface area contributed by atoms with Gasteiger partial charge >= 0.3 is 0 Å². The molecule has 0 N–H and O–H groups in total. The van der Waals surface area contributed by atoms with E-state index in [1.807, 2.05) is 0 Å². The summed E-state index contributed by atoms with van der Waals surface area (Å²) in [5.74, 6) is 0. The number of benzene rings is 1. The number of nitriles is 1. The fourth-order valence-electron chi connectivity index (χ4n) is 3.04. The molecule has 1 nitrogen and oxygen atoms in total. The molecule has 0 heterocycles. The van der Waals surface area contributed by atoms with Crippen molar-refractivity contribution in [1.82, 2.24) is 0 Å². The minimum atomic E-state index is -0.115. The third-order valence-electron chi connectivity index (χ3n) is 4.08. The van der Waals surface area contributed by atoms with Crippen LogP contribution in [0.5, 0.6) is 0 Å². The molecule has 0 aliphatic heterocycles. The molecular formula is C14H15N. The van der Waals surface area contributed by atoms with Gasteiger partial charge in [-0.15, -0.1) is 0 Å². The van der Waals surface area contributed by atoms with E-state index in [2.05, 4.69) is 24.3 Å². The third kappa shape index (κ3) is 1.14.